The maximum atomic E-state index is 12.7. The van der Waals surface area contributed by atoms with Crippen LogP contribution in [0.4, 0.5) is 0 Å². The SMILES string of the molecule is Cc1cc(CC(CNC(=O)[C@@H]2C[C@]2(C)c2ccccc2)N(C)C)ccc1O. The predicted octanol–water partition coefficient (Wildman–Crippen LogP) is 3.27. The van der Waals surface area contributed by atoms with Crippen molar-refractivity contribution < 1.29 is 9.90 Å². The molecular formula is C23H30N2O2. The summed E-state index contributed by atoms with van der Waals surface area (Å²) in [5.41, 5.74) is 3.26. The Kier molecular flexibility index (Phi) is 5.56. The molecule has 1 amide bonds. The van der Waals surface area contributed by atoms with Gasteiger partial charge in [-0.05, 0) is 56.6 Å². The molecule has 27 heavy (non-hydrogen) atoms. The van der Waals surface area contributed by atoms with Crippen LogP contribution in [0, 0.1) is 12.8 Å². The number of rotatable bonds is 7. The summed E-state index contributed by atoms with van der Waals surface area (Å²) in [5.74, 6) is 0.524. The summed E-state index contributed by atoms with van der Waals surface area (Å²) in [4.78, 5) is 14.9. The molecule has 1 aliphatic rings. The van der Waals surface area contributed by atoms with Crippen LogP contribution in [0.3, 0.4) is 0 Å². The predicted molar refractivity (Wildman–Crippen MR) is 109 cm³/mol. The molecule has 0 radical (unpaired) electrons. The first-order chi connectivity index (χ1) is 12.8. The number of likely N-dealkylation sites (N-methyl/N-ethyl adjacent to an activating group) is 1. The van der Waals surface area contributed by atoms with Gasteiger partial charge in [0, 0.05) is 23.9 Å². The Labute approximate surface area is 162 Å². The number of aromatic hydroxyl groups is 1. The number of benzene rings is 2. The molecule has 144 valence electrons. The molecule has 4 heteroatoms. The Morgan fingerprint density at radius 3 is 2.59 bits per heavy atom. The molecule has 0 heterocycles. The summed E-state index contributed by atoms with van der Waals surface area (Å²) in [7, 11) is 4.07. The molecule has 1 aliphatic carbocycles. The molecule has 3 atom stereocenters. The van der Waals surface area contributed by atoms with Gasteiger partial charge in [0.15, 0.2) is 0 Å². The molecule has 2 aromatic carbocycles. The van der Waals surface area contributed by atoms with E-state index in [1.165, 1.54) is 11.1 Å². The van der Waals surface area contributed by atoms with Gasteiger partial charge in [-0.3, -0.25) is 4.79 Å². The molecule has 1 saturated carbocycles. The van der Waals surface area contributed by atoms with Gasteiger partial charge in [-0.1, -0.05) is 49.4 Å². The number of carbonyl (C=O) groups excluding carboxylic acids is 1. The second-order valence-electron chi connectivity index (χ2n) is 8.23. The zero-order valence-corrected chi connectivity index (χ0v) is 16.7. The van der Waals surface area contributed by atoms with Crippen molar-refractivity contribution >= 4 is 5.91 Å². The van der Waals surface area contributed by atoms with Crippen LogP contribution in [0.25, 0.3) is 0 Å². The number of hydrogen-bond acceptors (Lipinski definition) is 3. The minimum atomic E-state index is -0.0347. The molecular weight excluding hydrogens is 336 g/mol. The van der Waals surface area contributed by atoms with E-state index < -0.39 is 0 Å². The standard InChI is InChI=1S/C23H30N2O2/c1-16-12-17(10-11-21(16)26)13-19(25(3)4)15-24-22(27)20-14-23(20,2)18-8-6-5-7-9-18/h5-12,19-20,26H,13-15H2,1-4H3,(H,24,27)/t19?,20-,23+/m0/s1. The minimum Gasteiger partial charge on any atom is -0.508 e. The fourth-order valence-electron chi connectivity index (χ4n) is 3.78. The number of aryl methyl sites for hydroxylation is 1. The molecule has 2 N–H and O–H groups in total. The monoisotopic (exact) mass is 366 g/mol. The summed E-state index contributed by atoms with van der Waals surface area (Å²) in [6.07, 6.45) is 1.74. The van der Waals surface area contributed by atoms with Crippen LogP contribution >= 0.6 is 0 Å². The minimum absolute atomic E-state index is 0.0347. The molecule has 0 aromatic heterocycles. The van der Waals surface area contributed by atoms with Gasteiger partial charge in [0.05, 0.1) is 0 Å². The van der Waals surface area contributed by atoms with Crippen molar-refractivity contribution in [3.05, 3.63) is 65.2 Å². The maximum absolute atomic E-state index is 12.7. The van der Waals surface area contributed by atoms with Gasteiger partial charge in [0.1, 0.15) is 5.75 Å². The Morgan fingerprint density at radius 1 is 1.26 bits per heavy atom. The Balaban J connectivity index is 1.58. The number of amides is 1. The number of hydrogen-bond donors (Lipinski definition) is 2. The highest BCUT2D eigenvalue weighted by Crippen LogP contribution is 2.53. The Hall–Kier alpha value is -2.33. The molecule has 0 saturated heterocycles. The average molecular weight is 367 g/mol. The first kappa shape index (κ1) is 19.4. The van der Waals surface area contributed by atoms with Crippen molar-refractivity contribution in [2.75, 3.05) is 20.6 Å². The molecule has 1 unspecified atom stereocenters. The Bertz CT molecular complexity index is 803. The van der Waals surface area contributed by atoms with Gasteiger partial charge in [-0.25, -0.2) is 0 Å². The molecule has 4 nitrogen and oxygen atoms in total. The van der Waals surface area contributed by atoms with Crippen LogP contribution in [0.2, 0.25) is 0 Å². The third-order valence-electron chi connectivity index (χ3n) is 5.96. The van der Waals surface area contributed by atoms with Crippen molar-refractivity contribution in [1.82, 2.24) is 10.2 Å². The Morgan fingerprint density at radius 2 is 1.96 bits per heavy atom. The summed E-state index contributed by atoms with van der Waals surface area (Å²) in [6.45, 7) is 4.70. The zero-order valence-electron chi connectivity index (χ0n) is 16.7. The second kappa shape index (κ2) is 7.73. The van der Waals surface area contributed by atoms with E-state index >= 15 is 0 Å². The molecule has 1 fully saturated rings. The number of nitrogens with one attached hydrogen (secondary N) is 1. The molecule has 0 bridgehead atoms. The van der Waals surface area contributed by atoms with Crippen LogP contribution in [0.5, 0.6) is 5.75 Å². The van der Waals surface area contributed by atoms with E-state index in [4.69, 9.17) is 0 Å². The van der Waals surface area contributed by atoms with E-state index in [0.717, 1.165) is 18.4 Å². The van der Waals surface area contributed by atoms with Crippen molar-refractivity contribution in [1.29, 1.82) is 0 Å². The van der Waals surface area contributed by atoms with Gasteiger partial charge in [-0.2, -0.15) is 0 Å². The summed E-state index contributed by atoms with van der Waals surface area (Å²) >= 11 is 0. The van der Waals surface area contributed by atoms with Crippen molar-refractivity contribution in [2.45, 2.75) is 38.1 Å². The van der Waals surface area contributed by atoms with Gasteiger partial charge in [-0.15, -0.1) is 0 Å². The largest absolute Gasteiger partial charge is 0.508 e. The van der Waals surface area contributed by atoms with Crippen molar-refractivity contribution in [3.63, 3.8) is 0 Å². The number of phenols is 1. The second-order valence-corrected chi connectivity index (χ2v) is 8.23. The van der Waals surface area contributed by atoms with Crippen molar-refractivity contribution in [2.24, 2.45) is 5.92 Å². The van der Waals surface area contributed by atoms with Gasteiger partial charge in [0.25, 0.3) is 0 Å². The third-order valence-corrected chi connectivity index (χ3v) is 5.96. The highest BCUT2D eigenvalue weighted by Gasteiger charge is 2.55. The van der Waals surface area contributed by atoms with E-state index in [-0.39, 0.29) is 23.3 Å². The zero-order chi connectivity index (χ0) is 19.6. The lowest BCUT2D eigenvalue weighted by Gasteiger charge is -2.25. The van der Waals surface area contributed by atoms with Gasteiger partial charge in [0.2, 0.25) is 5.91 Å². The third kappa shape index (κ3) is 4.33. The molecule has 0 spiro atoms. The summed E-state index contributed by atoms with van der Waals surface area (Å²) in [6, 6.07) is 16.2. The first-order valence-electron chi connectivity index (χ1n) is 9.59. The van der Waals surface area contributed by atoms with Crippen LogP contribution in [0.1, 0.15) is 30.0 Å². The fourth-order valence-corrected chi connectivity index (χ4v) is 3.78. The van der Waals surface area contributed by atoms with E-state index in [1.807, 2.05) is 51.4 Å². The summed E-state index contributed by atoms with van der Waals surface area (Å²) in [5, 5.41) is 12.9. The quantitative estimate of drug-likeness (QED) is 0.791. The fraction of sp³-hybridized carbons (Fsp3) is 0.435. The molecule has 3 rings (SSSR count). The lowest BCUT2D eigenvalue weighted by molar-refractivity contribution is -0.122. The molecule has 0 aliphatic heterocycles. The van der Waals surface area contributed by atoms with Crippen LogP contribution in [-0.4, -0.2) is 42.6 Å². The van der Waals surface area contributed by atoms with E-state index in [1.54, 1.807) is 6.07 Å². The normalized spacial score (nSPS) is 22.5. The lowest BCUT2D eigenvalue weighted by Crippen LogP contribution is -2.42. The van der Waals surface area contributed by atoms with E-state index in [2.05, 4.69) is 29.3 Å². The van der Waals surface area contributed by atoms with Crippen molar-refractivity contribution in [3.8, 4) is 5.75 Å². The van der Waals surface area contributed by atoms with Gasteiger partial charge < -0.3 is 15.3 Å². The number of phenolic OH excluding ortho intramolecular Hbond substituents is 1. The van der Waals surface area contributed by atoms with Crippen LogP contribution in [0.15, 0.2) is 48.5 Å². The lowest BCUT2D eigenvalue weighted by atomic mass is 9.95. The van der Waals surface area contributed by atoms with E-state index in [0.29, 0.717) is 12.3 Å². The highest BCUT2D eigenvalue weighted by molar-refractivity contribution is 5.84. The average Bonchev–Trinajstić information content (AvgIpc) is 3.35. The maximum Gasteiger partial charge on any atom is 0.224 e. The van der Waals surface area contributed by atoms with Crippen LogP contribution < -0.4 is 5.32 Å². The first-order valence-corrected chi connectivity index (χ1v) is 9.59. The number of carbonyl (C=O) groups is 1. The number of nitrogens with zero attached hydrogens (tertiary/aromatic N) is 1. The van der Waals surface area contributed by atoms with E-state index in [9.17, 15) is 9.90 Å². The van der Waals surface area contributed by atoms with Gasteiger partial charge >= 0.3 is 0 Å². The molecule has 2 aromatic rings. The smallest absolute Gasteiger partial charge is 0.224 e. The highest BCUT2D eigenvalue weighted by atomic mass is 16.3. The summed E-state index contributed by atoms with van der Waals surface area (Å²) < 4.78 is 0. The topological polar surface area (TPSA) is 52.6 Å². The van der Waals surface area contributed by atoms with Crippen LogP contribution in [-0.2, 0) is 16.6 Å².